The van der Waals surface area contributed by atoms with Crippen LogP contribution in [0.1, 0.15) is 55.3 Å². The van der Waals surface area contributed by atoms with Gasteiger partial charge in [0.15, 0.2) is 0 Å². The monoisotopic (exact) mass is 421 g/mol. The van der Waals surface area contributed by atoms with Crippen molar-refractivity contribution in [1.29, 1.82) is 0 Å². The zero-order valence-electron chi connectivity index (χ0n) is 16.9. The van der Waals surface area contributed by atoms with E-state index in [9.17, 15) is 13.2 Å². The number of benzene rings is 1. The van der Waals surface area contributed by atoms with Gasteiger partial charge in [-0.1, -0.05) is 12.8 Å². The number of sulfonamides is 1. The third-order valence-corrected chi connectivity index (χ3v) is 8.10. The lowest BCUT2D eigenvalue weighted by molar-refractivity contribution is 0.0730. The first-order valence-corrected chi connectivity index (χ1v) is 12.3. The van der Waals surface area contributed by atoms with E-state index in [1.165, 1.54) is 10.7 Å². The average Bonchev–Trinajstić information content (AvgIpc) is 3.27. The molecule has 2 heterocycles. The van der Waals surface area contributed by atoms with E-state index in [0.717, 1.165) is 57.3 Å². The smallest absolute Gasteiger partial charge is 0.253 e. The quantitative estimate of drug-likeness (QED) is 0.790. The van der Waals surface area contributed by atoms with Gasteiger partial charge in [-0.2, -0.15) is 4.31 Å². The van der Waals surface area contributed by atoms with Crippen molar-refractivity contribution in [3.8, 4) is 0 Å². The molecule has 7 nitrogen and oxygen atoms in total. The standard InChI is InChI=1S/C21H31N3O4S/c25-21(22-17-6-2-3-7-17)19-16-18(29(26,27)24-12-14-28-15-13-24)8-9-20(19)23-10-4-1-5-11-23/h8-9,16-17H,1-7,10-15H2,(H,22,25). The van der Waals surface area contributed by atoms with Crippen LogP contribution in [0.4, 0.5) is 5.69 Å². The number of nitrogens with one attached hydrogen (secondary N) is 1. The van der Waals surface area contributed by atoms with Gasteiger partial charge in [0.05, 0.1) is 23.7 Å². The van der Waals surface area contributed by atoms with Gasteiger partial charge in [-0.15, -0.1) is 0 Å². The zero-order valence-corrected chi connectivity index (χ0v) is 17.8. The summed E-state index contributed by atoms with van der Waals surface area (Å²) in [5.74, 6) is -0.156. The third kappa shape index (κ3) is 4.59. The van der Waals surface area contributed by atoms with Crippen LogP contribution in [0.3, 0.4) is 0 Å². The van der Waals surface area contributed by atoms with Gasteiger partial charge < -0.3 is 15.0 Å². The first-order chi connectivity index (χ1) is 14.1. The van der Waals surface area contributed by atoms with Crippen LogP contribution < -0.4 is 10.2 Å². The maximum absolute atomic E-state index is 13.2. The number of nitrogens with zero attached hydrogens (tertiary/aromatic N) is 2. The fourth-order valence-electron chi connectivity index (χ4n) is 4.54. The van der Waals surface area contributed by atoms with Gasteiger partial charge in [0.25, 0.3) is 5.91 Å². The molecule has 0 unspecified atom stereocenters. The topological polar surface area (TPSA) is 79.0 Å². The second-order valence-electron chi connectivity index (χ2n) is 8.20. The van der Waals surface area contributed by atoms with Crippen LogP contribution in [0.2, 0.25) is 0 Å². The van der Waals surface area contributed by atoms with Crippen LogP contribution in [0.15, 0.2) is 23.1 Å². The number of anilines is 1. The Morgan fingerprint density at radius 2 is 1.66 bits per heavy atom. The predicted octanol–water partition coefficient (Wildman–Crippen LogP) is 2.37. The molecule has 4 rings (SSSR count). The van der Waals surface area contributed by atoms with Crippen molar-refractivity contribution < 1.29 is 17.9 Å². The second-order valence-corrected chi connectivity index (χ2v) is 10.1. The van der Waals surface area contributed by atoms with Crippen LogP contribution in [0.5, 0.6) is 0 Å². The Morgan fingerprint density at radius 1 is 0.966 bits per heavy atom. The number of morpholine rings is 1. The summed E-state index contributed by atoms with van der Waals surface area (Å²) < 4.78 is 33.0. The van der Waals surface area contributed by atoms with E-state index in [1.54, 1.807) is 12.1 Å². The summed E-state index contributed by atoms with van der Waals surface area (Å²) in [6.45, 7) is 3.30. The summed E-state index contributed by atoms with van der Waals surface area (Å²) in [5.41, 5.74) is 1.33. The Hall–Kier alpha value is -1.64. The fourth-order valence-corrected chi connectivity index (χ4v) is 5.97. The average molecular weight is 422 g/mol. The van der Waals surface area contributed by atoms with E-state index in [2.05, 4.69) is 10.2 Å². The number of piperidine rings is 1. The molecule has 2 saturated heterocycles. The number of carbonyl (C=O) groups is 1. The molecule has 2 aliphatic heterocycles. The highest BCUT2D eigenvalue weighted by atomic mass is 32.2. The lowest BCUT2D eigenvalue weighted by atomic mass is 10.1. The summed E-state index contributed by atoms with van der Waals surface area (Å²) in [5, 5.41) is 3.14. The molecule has 1 saturated carbocycles. The number of rotatable bonds is 5. The molecule has 0 radical (unpaired) electrons. The molecule has 1 amide bonds. The lowest BCUT2D eigenvalue weighted by Crippen LogP contribution is -2.41. The summed E-state index contributed by atoms with van der Waals surface area (Å²) in [7, 11) is -3.64. The number of amides is 1. The van der Waals surface area contributed by atoms with Gasteiger partial charge in [-0.25, -0.2) is 8.42 Å². The van der Waals surface area contributed by atoms with Crippen molar-refractivity contribution in [3.63, 3.8) is 0 Å². The van der Waals surface area contributed by atoms with Crippen LogP contribution in [-0.4, -0.2) is 64.1 Å². The lowest BCUT2D eigenvalue weighted by Gasteiger charge is -2.31. The molecule has 1 N–H and O–H groups in total. The molecule has 3 aliphatic rings. The van der Waals surface area contributed by atoms with Crippen molar-refractivity contribution in [2.24, 2.45) is 0 Å². The Kier molecular flexibility index (Phi) is 6.41. The van der Waals surface area contributed by atoms with Crippen LogP contribution in [-0.2, 0) is 14.8 Å². The number of ether oxygens (including phenoxy) is 1. The van der Waals surface area contributed by atoms with E-state index < -0.39 is 10.0 Å². The minimum atomic E-state index is -3.64. The summed E-state index contributed by atoms with van der Waals surface area (Å²) in [6.07, 6.45) is 7.65. The maximum atomic E-state index is 13.2. The predicted molar refractivity (Wildman–Crippen MR) is 112 cm³/mol. The van der Waals surface area contributed by atoms with E-state index in [-0.39, 0.29) is 16.8 Å². The first-order valence-electron chi connectivity index (χ1n) is 10.8. The fraction of sp³-hybridized carbons (Fsp3) is 0.667. The van der Waals surface area contributed by atoms with Crippen LogP contribution in [0.25, 0.3) is 0 Å². The summed E-state index contributed by atoms with van der Waals surface area (Å²) in [4.78, 5) is 15.6. The van der Waals surface area contributed by atoms with Crippen molar-refractivity contribution in [1.82, 2.24) is 9.62 Å². The molecule has 1 aromatic rings. The van der Waals surface area contributed by atoms with E-state index in [1.807, 2.05) is 6.07 Å². The Balaban J connectivity index is 1.65. The van der Waals surface area contributed by atoms with Gasteiger partial charge in [0.2, 0.25) is 10.0 Å². The van der Waals surface area contributed by atoms with Crippen LogP contribution >= 0.6 is 0 Å². The zero-order chi connectivity index (χ0) is 20.3. The van der Waals surface area contributed by atoms with Crippen molar-refractivity contribution >= 4 is 21.6 Å². The highest BCUT2D eigenvalue weighted by Crippen LogP contribution is 2.29. The highest BCUT2D eigenvalue weighted by molar-refractivity contribution is 7.89. The molecule has 1 aliphatic carbocycles. The van der Waals surface area contributed by atoms with Gasteiger partial charge >= 0.3 is 0 Å². The molecule has 0 bridgehead atoms. The van der Waals surface area contributed by atoms with Crippen LogP contribution in [0, 0.1) is 0 Å². The van der Waals surface area contributed by atoms with Gasteiger partial charge in [-0.05, 0) is 50.3 Å². The molecular formula is C21H31N3O4S. The molecule has 160 valence electrons. The minimum Gasteiger partial charge on any atom is -0.379 e. The molecule has 8 heteroatoms. The van der Waals surface area contributed by atoms with Gasteiger partial charge in [0, 0.05) is 37.9 Å². The van der Waals surface area contributed by atoms with Crippen molar-refractivity contribution in [2.75, 3.05) is 44.3 Å². The molecule has 0 atom stereocenters. The number of carbonyl (C=O) groups excluding carboxylic acids is 1. The summed E-state index contributed by atoms with van der Waals surface area (Å²) >= 11 is 0. The molecule has 29 heavy (non-hydrogen) atoms. The molecule has 1 aromatic carbocycles. The van der Waals surface area contributed by atoms with Crippen molar-refractivity contribution in [2.45, 2.75) is 55.9 Å². The SMILES string of the molecule is O=C(NC1CCCC1)c1cc(S(=O)(=O)N2CCOCC2)ccc1N1CCCCC1. The number of hydrogen-bond acceptors (Lipinski definition) is 5. The van der Waals surface area contributed by atoms with Gasteiger partial charge in [0.1, 0.15) is 0 Å². The summed E-state index contributed by atoms with van der Waals surface area (Å²) in [6, 6.07) is 5.25. The normalized spacial score (nSPS) is 22.0. The third-order valence-electron chi connectivity index (χ3n) is 6.21. The number of hydrogen-bond donors (Lipinski definition) is 1. The first kappa shape index (κ1) is 20.6. The maximum Gasteiger partial charge on any atom is 0.253 e. The van der Waals surface area contributed by atoms with E-state index in [4.69, 9.17) is 4.74 Å². The van der Waals surface area contributed by atoms with E-state index >= 15 is 0 Å². The molecule has 0 aromatic heterocycles. The van der Waals surface area contributed by atoms with E-state index in [0.29, 0.717) is 31.9 Å². The molecule has 3 fully saturated rings. The minimum absolute atomic E-state index is 0.156. The largest absolute Gasteiger partial charge is 0.379 e. The van der Waals surface area contributed by atoms with Crippen molar-refractivity contribution in [3.05, 3.63) is 23.8 Å². The van der Waals surface area contributed by atoms with Gasteiger partial charge in [-0.3, -0.25) is 4.79 Å². The Labute approximate surface area is 173 Å². The molecular weight excluding hydrogens is 390 g/mol. The second kappa shape index (κ2) is 9.02. The highest BCUT2D eigenvalue weighted by Gasteiger charge is 2.29. The molecule has 0 spiro atoms. The Morgan fingerprint density at radius 3 is 2.34 bits per heavy atom. The Bertz CT molecular complexity index is 824.